The summed E-state index contributed by atoms with van der Waals surface area (Å²) in [5.41, 5.74) is 7.16. The molecule has 5 nitrogen and oxygen atoms in total. The van der Waals surface area contributed by atoms with Crippen LogP contribution in [0.3, 0.4) is 0 Å². The lowest BCUT2D eigenvalue weighted by Crippen LogP contribution is -2.07. The number of hydrogen-bond donors (Lipinski definition) is 0. The third-order valence-corrected chi connectivity index (χ3v) is 7.66. The van der Waals surface area contributed by atoms with Crippen LogP contribution in [0.4, 0.5) is 4.39 Å². The van der Waals surface area contributed by atoms with E-state index in [4.69, 9.17) is 9.47 Å². The molecular formula is C30H29FN2O3. The third-order valence-electron chi connectivity index (χ3n) is 7.66. The fourth-order valence-corrected chi connectivity index (χ4v) is 5.75. The van der Waals surface area contributed by atoms with Crippen LogP contribution in [-0.2, 0) is 23.0 Å². The summed E-state index contributed by atoms with van der Waals surface area (Å²) in [6.45, 7) is 4.33. The van der Waals surface area contributed by atoms with Crippen LogP contribution in [0.25, 0.3) is 22.0 Å². The molecule has 0 radical (unpaired) electrons. The normalized spacial score (nSPS) is 20.4. The molecule has 6 rings (SSSR count). The van der Waals surface area contributed by atoms with Crippen molar-refractivity contribution in [2.75, 3.05) is 6.61 Å². The van der Waals surface area contributed by atoms with Gasteiger partial charge in [0.2, 0.25) is 0 Å². The fraction of sp³-hybridized carbons (Fsp3) is 0.333. The fourth-order valence-electron chi connectivity index (χ4n) is 5.75. The maximum Gasteiger partial charge on any atom is 0.309 e. The molecule has 3 aromatic carbocycles. The van der Waals surface area contributed by atoms with E-state index in [1.54, 1.807) is 6.07 Å². The Labute approximate surface area is 209 Å². The number of halogens is 1. The van der Waals surface area contributed by atoms with Gasteiger partial charge in [0.05, 0.1) is 24.2 Å². The zero-order valence-electron chi connectivity index (χ0n) is 20.8. The lowest BCUT2D eigenvalue weighted by molar-refractivity contribution is -0.144. The standard InChI is InChI=1S/C30H29FN2O3/c1-4-35-30(34)23-15-22(23)18-6-8-19(9-7-18)36-27-14-11-21-20(10-12-25(31)29(21)27)28-17(2)5-13-26-24(28)16-32-33(26)3/h5-10,12-13,16,22-23,27H,4,11,14-15H2,1-3H3/t22-,23+,27-/m1/s1. The van der Waals surface area contributed by atoms with Crippen LogP contribution >= 0.6 is 0 Å². The van der Waals surface area contributed by atoms with Crippen LogP contribution in [0, 0.1) is 18.7 Å². The molecule has 0 aliphatic heterocycles. The van der Waals surface area contributed by atoms with E-state index < -0.39 is 0 Å². The molecule has 0 bridgehead atoms. The highest BCUT2D eigenvalue weighted by Gasteiger charge is 2.45. The van der Waals surface area contributed by atoms with Crippen LogP contribution < -0.4 is 4.74 Å². The number of nitrogens with zero attached hydrogens (tertiary/aromatic N) is 2. The summed E-state index contributed by atoms with van der Waals surface area (Å²) in [5.74, 6) is 0.538. The van der Waals surface area contributed by atoms with Crippen molar-refractivity contribution in [2.24, 2.45) is 13.0 Å². The molecule has 4 aromatic rings. The second kappa shape index (κ2) is 8.77. The molecule has 36 heavy (non-hydrogen) atoms. The molecule has 0 unspecified atom stereocenters. The predicted molar refractivity (Wildman–Crippen MR) is 136 cm³/mol. The molecular weight excluding hydrogens is 455 g/mol. The summed E-state index contributed by atoms with van der Waals surface area (Å²) < 4.78 is 28.5. The quantitative estimate of drug-likeness (QED) is 0.296. The van der Waals surface area contributed by atoms with E-state index >= 15 is 4.39 Å². The van der Waals surface area contributed by atoms with E-state index in [1.165, 1.54) is 0 Å². The SMILES string of the molecule is CCOC(=O)[C@H]1C[C@@H]1c1ccc(O[C@@H]2CCc3c(-c4c(C)ccc5c4cnn5C)ccc(F)c32)cc1. The Morgan fingerprint density at radius 1 is 1.14 bits per heavy atom. The van der Waals surface area contributed by atoms with Crippen molar-refractivity contribution in [3.63, 3.8) is 0 Å². The van der Waals surface area contributed by atoms with Gasteiger partial charge in [-0.05, 0) is 91.1 Å². The van der Waals surface area contributed by atoms with Crippen molar-refractivity contribution in [2.45, 2.75) is 45.1 Å². The van der Waals surface area contributed by atoms with Gasteiger partial charge in [-0.25, -0.2) is 4.39 Å². The summed E-state index contributed by atoms with van der Waals surface area (Å²) in [5, 5.41) is 5.52. The minimum atomic E-state index is -0.340. The van der Waals surface area contributed by atoms with Crippen molar-refractivity contribution < 1.29 is 18.7 Å². The first kappa shape index (κ1) is 22.8. The Hall–Kier alpha value is -3.67. The number of hydrogen-bond acceptors (Lipinski definition) is 4. The number of aromatic nitrogens is 2. The maximum atomic E-state index is 15.2. The maximum absolute atomic E-state index is 15.2. The van der Waals surface area contributed by atoms with Gasteiger partial charge in [-0.2, -0.15) is 5.10 Å². The molecule has 3 atom stereocenters. The Bertz CT molecular complexity index is 1470. The molecule has 1 fully saturated rings. The number of benzene rings is 3. The molecule has 0 N–H and O–H groups in total. The molecule has 1 aromatic heterocycles. The van der Waals surface area contributed by atoms with Crippen molar-refractivity contribution in [3.05, 3.63) is 82.8 Å². The van der Waals surface area contributed by atoms with Gasteiger partial charge in [-0.3, -0.25) is 9.48 Å². The highest BCUT2D eigenvalue weighted by molar-refractivity contribution is 5.97. The number of carbonyl (C=O) groups excluding carboxylic acids is 1. The van der Waals surface area contributed by atoms with Crippen LogP contribution in [0.1, 0.15) is 54.0 Å². The zero-order valence-corrected chi connectivity index (χ0v) is 20.8. The van der Waals surface area contributed by atoms with E-state index in [9.17, 15) is 4.79 Å². The molecule has 184 valence electrons. The zero-order chi connectivity index (χ0) is 25.0. The van der Waals surface area contributed by atoms with Gasteiger partial charge in [0.25, 0.3) is 0 Å². The molecule has 6 heteroatoms. The predicted octanol–water partition coefficient (Wildman–Crippen LogP) is 6.42. The number of ether oxygens (including phenoxy) is 2. The van der Waals surface area contributed by atoms with Gasteiger partial charge in [0.15, 0.2) is 0 Å². The summed E-state index contributed by atoms with van der Waals surface area (Å²) in [7, 11) is 1.94. The summed E-state index contributed by atoms with van der Waals surface area (Å²) in [4.78, 5) is 12.0. The first-order chi connectivity index (χ1) is 17.5. The molecule has 2 aliphatic rings. The second-order valence-corrected chi connectivity index (χ2v) is 9.86. The highest BCUT2D eigenvalue weighted by Crippen LogP contribution is 2.49. The lowest BCUT2D eigenvalue weighted by atomic mass is 9.91. The second-order valence-electron chi connectivity index (χ2n) is 9.86. The number of rotatable bonds is 6. The van der Waals surface area contributed by atoms with Gasteiger partial charge in [-0.15, -0.1) is 0 Å². The molecule has 0 spiro atoms. The van der Waals surface area contributed by atoms with Gasteiger partial charge >= 0.3 is 5.97 Å². The first-order valence-electron chi connectivity index (χ1n) is 12.6. The Balaban J connectivity index is 1.27. The Morgan fingerprint density at radius 3 is 2.72 bits per heavy atom. The molecule has 1 saturated carbocycles. The summed E-state index contributed by atoms with van der Waals surface area (Å²) >= 11 is 0. The lowest BCUT2D eigenvalue weighted by Gasteiger charge is -2.18. The van der Waals surface area contributed by atoms with Gasteiger partial charge in [0, 0.05) is 18.0 Å². The molecule has 1 heterocycles. The van der Waals surface area contributed by atoms with E-state index in [0.29, 0.717) is 17.9 Å². The van der Waals surface area contributed by atoms with Crippen LogP contribution in [0.15, 0.2) is 54.7 Å². The van der Waals surface area contributed by atoms with E-state index in [1.807, 2.05) is 55.2 Å². The largest absolute Gasteiger partial charge is 0.486 e. The summed E-state index contributed by atoms with van der Waals surface area (Å²) in [6.07, 6.45) is 3.86. The van der Waals surface area contributed by atoms with Crippen LogP contribution in [-0.4, -0.2) is 22.4 Å². The topological polar surface area (TPSA) is 53.4 Å². The minimum absolute atomic E-state index is 0.0429. The van der Waals surface area contributed by atoms with E-state index in [2.05, 4.69) is 24.2 Å². The van der Waals surface area contributed by atoms with Crippen LogP contribution in [0.5, 0.6) is 5.75 Å². The number of esters is 1. The van der Waals surface area contributed by atoms with Gasteiger partial charge in [-0.1, -0.05) is 24.3 Å². The number of aryl methyl sites for hydroxylation is 2. The van der Waals surface area contributed by atoms with Crippen molar-refractivity contribution >= 4 is 16.9 Å². The monoisotopic (exact) mass is 484 g/mol. The highest BCUT2D eigenvalue weighted by atomic mass is 19.1. The Morgan fingerprint density at radius 2 is 1.94 bits per heavy atom. The smallest absolute Gasteiger partial charge is 0.309 e. The average molecular weight is 485 g/mol. The van der Waals surface area contributed by atoms with Gasteiger partial charge < -0.3 is 9.47 Å². The van der Waals surface area contributed by atoms with E-state index in [-0.39, 0.29) is 29.7 Å². The molecule has 0 amide bonds. The average Bonchev–Trinajstić information content (AvgIpc) is 3.44. The minimum Gasteiger partial charge on any atom is -0.486 e. The third kappa shape index (κ3) is 3.76. The van der Waals surface area contributed by atoms with Gasteiger partial charge in [0.1, 0.15) is 17.7 Å². The van der Waals surface area contributed by atoms with Crippen LogP contribution in [0.2, 0.25) is 0 Å². The number of fused-ring (bicyclic) bond motifs is 2. The van der Waals surface area contributed by atoms with Crippen molar-refractivity contribution in [1.82, 2.24) is 9.78 Å². The molecule has 2 aliphatic carbocycles. The van der Waals surface area contributed by atoms with Crippen molar-refractivity contribution in [3.8, 4) is 16.9 Å². The number of carbonyl (C=O) groups is 1. The molecule has 0 saturated heterocycles. The first-order valence-corrected chi connectivity index (χ1v) is 12.6. The van der Waals surface area contributed by atoms with E-state index in [0.717, 1.165) is 58.0 Å². The van der Waals surface area contributed by atoms with Crippen molar-refractivity contribution in [1.29, 1.82) is 0 Å². The summed E-state index contributed by atoms with van der Waals surface area (Å²) in [6, 6.07) is 15.5. The Kier molecular flexibility index (Phi) is 5.55.